The fourth-order valence-corrected chi connectivity index (χ4v) is 5.22. The van der Waals surface area contributed by atoms with Crippen LogP contribution in [0.15, 0.2) is 75.3 Å². The standard InChI is InChI=1S/C21H14Br2N2S/c22-12-3-5-18-14(8-12)16(10-24-18)21(20-2-1-7-26-20)17-11-25-19-6-4-13(23)9-15(17)19/h1-11,21,24-25H. The van der Waals surface area contributed by atoms with Crippen molar-refractivity contribution in [2.45, 2.75) is 5.92 Å². The van der Waals surface area contributed by atoms with Crippen molar-refractivity contribution in [1.82, 2.24) is 9.97 Å². The lowest BCUT2D eigenvalue weighted by Crippen LogP contribution is -2.00. The molecule has 0 aliphatic carbocycles. The maximum atomic E-state index is 3.62. The summed E-state index contributed by atoms with van der Waals surface area (Å²) >= 11 is 9.05. The van der Waals surface area contributed by atoms with Gasteiger partial charge in [0, 0.05) is 53.9 Å². The van der Waals surface area contributed by atoms with Crippen molar-refractivity contribution >= 4 is 65.0 Å². The van der Waals surface area contributed by atoms with E-state index in [2.05, 4.69) is 108 Å². The quantitative estimate of drug-likeness (QED) is 0.266. The first-order valence-electron chi connectivity index (χ1n) is 8.27. The molecule has 2 nitrogen and oxygen atoms in total. The topological polar surface area (TPSA) is 31.6 Å². The zero-order chi connectivity index (χ0) is 17.7. The molecule has 0 bridgehead atoms. The van der Waals surface area contributed by atoms with Crippen LogP contribution in [0.2, 0.25) is 0 Å². The van der Waals surface area contributed by atoms with Gasteiger partial charge in [-0.05, 0) is 59.0 Å². The van der Waals surface area contributed by atoms with Gasteiger partial charge in [-0.15, -0.1) is 11.3 Å². The number of nitrogens with one attached hydrogen (secondary N) is 2. The van der Waals surface area contributed by atoms with Crippen molar-refractivity contribution in [3.05, 3.63) is 91.3 Å². The number of thiophene rings is 1. The van der Waals surface area contributed by atoms with Gasteiger partial charge >= 0.3 is 0 Å². The first-order chi connectivity index (χ1) is 12.7. The minimum atomic E-state index is 0.182. The third-order valence-electron chi connectivity index (χ3n) is 4.80. The fraction of sp³-hybridized carbons (Fsp3) is 0.0476. The third kappa shape index (κ3) is 2.66. The zero-order valence-corrected chi connectivity index (χ0v) is 17.6. The van der Waals surface area contributed by atoms with Crippen molar-refractivity contribution in [2.75, 3.05) is 0 Å². The monoisotopic (exact) mass is 484 g/mol. The summed E-state index contributed by atoms with van der Waals surface area (Å²) in [5.74, 6) is 0.182. The highest BCUT2D eigenvalue weighted by molar-refractivity contribution is 9.10. The summed E-state index contributed by atoms with van der Waals surface area (Å²) in [4.78, 5) is 8.23. The van der Waals surface area contributed by atoms with Gasteiger partial charge in [-0.25, -0.2) is 0 Å². The van der Waals surface area contributed by atoms with Gasteiger partial charge in [0.2, 0.25) is 0 Å². The van der Waals surface area contributed by atoms with Crippen molar-refractivity contribution in [2.24, 2.45) is 0 Å². The predicted molar refractivity (Wildman–Crippen MR) is 117 cm³/mol. The van der Waals surface area contributed by atoms with Gasteiger partial charge in [0.15, 0.2) is 0 Å². The van der Waals surface area contributed by atoms with E-state index < -0.39 is 0 Å². The van der Waals surface area contributed by atoms with E-state index in [4.69, 9.17) is 0 Å². The molecule has 128 valence electrons. The molecule has 26 heavy (non-hydrogen) atoms. The fourth-order valence-electron chi connectivity index (χ4n) is 3.64. The van der Waals surface area contributed by atoms with Gasteiger partial charge in [-0.1, -0.05) is 37.9 Å². The Balaban J connectivity index is 1.81. The molecule has 0 saturated heterocycles. The van der Waals surface area contributed by atoms with E-state index in [1.807, 2.05) is 0 Å². The van der Waals surface area contributed by atoms with E-state index in [0.717, 1.165) is 20.0 Å². The van der Waals surface area contributed by atoms with Crippen LogP contribution in [0, 0.1) is 0 Å². The van der Waals surface area contributed by atoms with Crippen molar-refractivity contribution in [1.29, 1.82) is 0 Å². The molecule has 0 radical (unpaired) electrons. The summed E-state index contributed by atoms with van der Waals surface area (Å²) in [5.41, 5.74) is 4.91. The van der Waals surface area contributed by atoms with Gasteiger partial charge in [0.25, 0.3) is 0 Å². The number of halogens is 2. The van der Waals surface area contributed by atoms with Gasteiger partial charge in [0.1, 0.15) is 0 Å². The first kappa shape index (κ1) is 16.4. The molecule has 2 N–H and O–H groups in total. The van der Waals surface area contributed by atoms with Crippen LogP contribution >= 0.6 is 43.2 Å². The summed E-state index contributed by atoms with van der Waals surface area (Å²) in [7, 11) is 0. The lowest BCUT2D eigenvalue weighted by molar-refractivity contribution is 1.03. The molecule has 5 aromatic rings. The molecule has 0 aliphatic rings. The molecule has 5 rings (SSSR count). The number of H-pyrrole nitrogens is 2. The summed E-state index contributed by atoms with van der Waals surface area (Å²) in [5, 5.41) is 4.65. The Morgan fingerprint density at radius 3 is 1.85 bits per heavy atom. The van der Waals surface area contributed by atoms with E-state index in [1.165, 1.54) is 26.8 Å². The Bertz CT molecular complexity index is 1140. The van der Waals surface area contributed by atoms with Crippen LogP contribution < -0.4 is 0 Å². The lowest BCUT2D eigenvalue weighted by atomic mass is 9.89. The van der Waals surface area contributed by atoms with Crippen LogP contribution in [0.1, 0.15) is 21.9 Å². The number of rotatable bonds is 3. The normalized spacial score (nSPS) is 11.8. The van der Waals surface area contributed by atoms with Gasteiger partial charge in [-0.2, -0.15) is 0 Å². The van der Waals surface area contributed by atoms with Crippen LogP contribution in [0.5, 0.6) is 0 Å². The Labute approximate surface area is 171 Å². The van der Waals surface area contributed by atoms with Gasteiger partial charge in [-0.3, -0.25) is 0 Å². The molecular weight excluding hydrogens is 472 g/mol. The van der Waals surface area contributed by atoms with Crippen LogP contribution in [-0.2, 0) is 0 Å². The summed E-state index contributed by atoms with van der Waals surface area (Å²) in [6, 6.07) is 17.2. The Kier molecular flexibility index (Phi) is 4.03. The molecule has 0 unspecified atom stereocenters. The molecule has 0 amide bonds. The number of hydrogen-bond donors (Lipinski definition) is 2. The van der Waals surface area contributed by atoms with E-state index >= 15 is 0 Å². The lowest BCUT2D eigenvalue weighted by Gasteiger charge is -2.15. The molecule has 0 saturated carbocycles. The maximum Gasteiger partial charge on any atom is 0.0476 e. The Morgan fingerprint density at radius 2 is 1.35 bits per heavy atom. The predicted octanol–water partition coefficient (Wildman–Crippen LogP) is 7.42. The second-order valence-corrected chi connectivity index (χ2v) is 9.13. The SMILES string of the molecule is Brc1ccc2[nH]cc(C(c3cccs3)c3c[nH]c4ccc(Br)cc34)c2c1. The zero-order valence-electron chi connectivity index (χ0n) is 13.6. The second-order valence-electron chi connectivity index (χ2n) is 6.32. The van der Waals surface area contributed by atoms with Gasteiger partial charge < -0.3 is 9.97 Å². The van der Waals surface area contributed by atoms with Crippen LogP contribution in [0.3, 0.4) is 0 Å². The molecule has 3 heterocycles. The first-order valence-corrected chi connectivity index (χ1v) is 10.7. The Morgan fingerprint density at radius 1 is 0.769 bits per heavy atom. The Hall–Kier alpha value is -1.82. The smallest absolute Gasteiger partial charge is 0.0476 e. The van der Waals surface area contributed by atoms with Crippen LogP contribution in [0.25, 0.3) is 21.8 Å². The molecule has 0 spiro atoms. The minimum absolute atomic E-state index is 0.182. The molecule has 0 aliphatic heterocycles. The van der Waals surface area contributed by atoms with Crippen molar-refractivity contribution < 1.29 is 0 Å². The van der Waals surface area contributed by atoms with Crippen LogP contribution in [0.4, 0.5) is 0 Å². The van der Waals surface area contributed by atoms with Gasteiger partial charge in [0.05, 0.1) is 0 Å². The summed E-state index contributed by atoms with van der Waals surface area (Å²) in [6.07, 6.45) is 4.30. The third-order valence-corrected chi connectivity index (χ3v) is 6.72. The van der Waals surface area contributed by atoms with E-state index in [1.54, 1.807) is 11.3 Å². The number of benzene rings is 2. The van der Waals surface area contributed by atoms with Crippen molar-refractivity contribution in [3.63, 3.8) is 0 Å². The molecule has 2 aromatic carbocycles. The molecule has 0 atom stereocenters. The second kappa shape index (κ2) is 6.41. The molecular formula is C21H14Br2N2S. The number of aromatic amines is 2. The van der Waals surface area contributed by atoms with E-state index in [-0.39, 0.29) is 5.92 Å². The van der Waals surface area contributed by atoms with Crippen molar-refractivity contribution in [3.8, 4) is 0 Å². The highest BCUT2D eigenvalue weighted by Gasteiger charge is 2.24. The largest absolute Gasteiger partial charge is 0.361 e. The molecule has 3 aromatic heterocycles. The van der Waals surface area contributed by atoms with E-state index in [0.29, 0.717) is 0 Å². The average Bonchev–Trinajstić information content (AvgIpc) is 3.37. The average molecular weight is 486 g/mol. The number of aromatic nitrogens is 2. The van der Waals surface area contributed by atoms with E-state index in [9.17, 15) is 0 Å². The minimum Gasteiger partial charge on any atom is -0.361 e. The number of fused-ring (bicyclic) bond motifs is 2. The van der Waals surface area contributed by atoms with Crippen LogP contribution in [-0.4, -0.2) is 9.97 Å². The summed E-state index contributed by atoms with van der Waals surface area (Å²) in [6.45, 7) is 0. The number of hydrogen-bond acceptors (Lipinski definition) is 1. The maximum absolute atomic E-state index is 3.62. The highest BCUT2D eigenvalue weighted by atomic mass is 79.9. The summed E-state index contributed by atoms with van der Waals surface area (Å²) < 4.78 is 2.19. The molecule has 5 heteroatoms. The molecule has 0 fully saturated rings. The highest BCUT2D eigenvalue weighted by Crippen LogP contribution is 2.41.